The van der Waals surface area contributed by atoms with Gasteiger partial charge in [-0.1, -0.05) is 6.42 Å². The molecule has 2 rings (SSSR count). The second-order valence-corrected chi connectivity index (χ2v) is 5.54. The van der Waals surface area contributed by atoms with Crippen molar-refractivity contribution in [2.45, 2.75) is 51.9 Å². The number of aliphatic carboxylic acids is 1. The van der Waals surface area contributed by atoms with Crippen LogP contribution in [0.4, 0.5) is 13.2 Å². The van der Waals surface area contributed by atoms with Crippen molar-refractivity contribution in [1.29, 1.82) is 0 Å². The Morgan fingerprint density at radius 3 is 2.43 bits per heavy atom. The summed E-state index contributed by atoms with van der Waals surface area (Å²) < 4.78 is 37.3. The minimum absolute atomic E-state index is 0.274. The molecule has 8 heteroatoms. The number of nitrogens with zero attached hydrogens (tertiary/aromatic N) is 1. The first-order valence-electron chi connectivity index (χ1n) is 7.36. The van der Waals surface area contributed by atoms with Crippen LogP contribution in [-0.2, 0) is 11.3 Å². The smallest absolute Gasteiger partial charge is 0.475 e. The predicted octanol–water partition coefficient (Wildman–Crippen LogP) is 2.88. The van der Waals surface area contributed by atoms with Crippen LogP contribution in [0.1, 0.15) is 36.3 Å². The van der Waals surface area contributed by atoms with Crippen molar-refractivity contribution in [3.8, 4) is 0 Å². The quantitative estimate of drug-likeness (QED) is 0.887. The fourth-order valence-corrected chi connectivity index (χ4v) is 2.53. The van der Waals surface area contributed by atoms with Crippen molar-refractivity contribution >= 4 is 5.97 Å². The molecule has 1 aliphatic heterocycles. The number of likely N-dealkylation sites (tertiary alicyclic amines) is 1. The maximum Gasteiger partial charge on any atom is 0.490 e. The third kappa shape index (κ3) is 6.23. The maximum absolute atomic E-state index is 10.6. The second kappa shape index (κ2) is 8.35. The topological polar surface area (TPSA) is 73.9 Å². The van der Waals surface area contributed by atoms with Gasteiger partial charge in [0.15, 0.2) is 0 Å². The third-order valence-electron chi connectivity index (χ3n) is 3.72. The first-order valence-corrected chi connectivity index (χ1v) is 7.36. The Hall–Kier alpha value is -1.54. The van der Waals surface area contributed by atoms with E-state index in [1.807, 2.05) is 13.8 Å². The molecule has 1 aromatic heterocycles. The normalized spacial score (nSPS) is 19.1. The van der Waals surface area contributed by atoms with E-state index in [4.69, 9.17) is 14.3 Å². The van der Waals surface area contributed by atoms with Crippen LogP contribution in [-0.4, -0.2) is 46.5 Å². The van der Waals surface area contributed by atoms with Gasteiger partial charge in [0.2, 0.25) is 0 Å². The lowest BCUT2D eigenvalue weighted by atomic mass is 10.0. The van der Waals surface area contributed by atoms with Gasteiger partial charge in [-0.25, -0.2) is 4.79 Å². The van der Waals surface area contributed by atoms with Crippen LogP contribution in [0.25, 0.3) is 0 Å². The van der Waals surface area contributed by atoms with Gasteiger partial charge < -0.3 is 14.6 Å². The number of rotatable bonds is 3. The summed E-state index contributed by atoms with van der Waals surface area (Å²) in [5, 5.41) is 16.5. The Labute approximate surface area is 132 Å². The van der Waals surface area contributed by atoms with Gasteiger partial charge in [-0.15, -0.1) is 0 Å². The van der Waals surface area contributed by atoms with E-state index < -0.39 is 12.1 Å². The number of aliphatic hydroxyl groups is 1. The third-order valence-corrected chi connectivity index (χ3v) is 3.72. The highest BCUT2D eigenvalue weighted by Gasteiger charge is 2.38. The number of alkyl halides is 3. The maximum atomic E-state index is 10.6. The number of furan rings is 1. The molecule has 1 unspecified atom stereocenters. The zero-order valence-corrected chi connectivity index (χ0v) is 13.2. The fraction of sp³-hybridized carbons (Fsp3) is 0.667. The summed E-state index contributed by atoms with van der Waals surface area (Å²) in [5.74, 6) is -0.766. The van der Waals surface area contributed by atoms with Crippen molar-refractivity contribution in [3.63, 3.8) is 0 Å². The summed E-state index contributed by atoms with van der Waals surface area (Å²) in [6, 6.07) is 2.45. The lowest BCUT2D eigenvalue weighted by Crippen LogP contribution is -2.41. The molecule has 1 atom stereocenters. The van der Waals surface area contributed by atoms with Gasteiger partial charge in [0, 0.05) is 18.2 Å². The molecule has 0 aromatic carbocycles. The molecule has 0 saturated carbocycles. The fourth-order valence-electron chi connectivity index (χ4n) is 2.53. The zero-order chi connectivity index (χ0) is 17.6. The molecule has 0 radical (unpaired) electrons. The minimum Gasteiger partial charge on any atom is -0.475 e. The van der Waals surface area contributed by atoms with Crippen LogP contribution in [0.5, 0.6) is 0 Å². The summed E-state index contributed by atoms with van der Waals surface area (Å²) in [4.78, 5) is 11.3. The Balaban J connectivity index is 0.000000322. The number of aryl methyl sites for hydroxylation is 2. The number of halogens is 3. The average molecular weight is 337 g/mol. The Morgan fingerprint density at radius 2 is 2.00 bits per heavy atom. The minimum atomic E-state index is -5.08. The lowest BCUT2D eigenvalue weighted by molar-refractivity contribution is -0.192. The summed E-state index contributed by atoms with van der Waals surface area (Å²) in [7, 11) is 0. The van der Waals surface area contributed by atoms with Gasteiger partial charge in [-0.3, -0.25) is 4.90 Å². The predicted molar refractivity (Wildman–Crippen MR) is 77.0 cm³/mol. The van der Waals surface area contributed by atoms with Gasteiger partial charge in [0.1, 0.15) is 11.5 Å². The SMILES string of the molecule is Cc1cc(CN2CCCCC2CO)c(C)o1.O=C(O)C(F)(F)F. The number of aliphatic hydroxyl groups excluding tert-OH is 1. The Kier molecular flexibility index (Phi) is 7.08. The number of carbonyl (C=O) groups is 1. The summed E-state index contributed by atoms with van der Waals surface area (Å²) in [6.07, 6.45) is -1.48. The van der Waals surface area contributed by atoms with E-state index in [0.717, 1.165) is 31.0 Å². The number of piperidine rings is 1. The van der Waals surface area contributed by atoms with E-state index in [1.54, 1.807) is 0 Å². The van der Waals surface area contributed by atoms with Gasteiger partial charge >= 0.3 is 12.1 Å². The molecule has 1 aromatic rings. The number of carboxylic acids is 1. The highest BCUT2D eigenvalue weighted by molar-refractivity contribution is 5.73. The molecule has 1 aliphatic rings. The highest BCUT2D eigenvalue weighted by atomic mass is 19.4. The molecule has 1 saturated heterocycles. The number of hydrogen-bond donors (Lipinski definition) is 2. The van der Waals surface area contributed by atoms with E-state index >= 15 is 0 Å². The first kappa shape index (κ1) is 19.5. The largest absolute Gasteiger partial charge is 0.490 e. The van der Waals surface area contributed by atoms with E-state index in [2.05, 4.69) is 11.0 Å². The molecule has 0 amide bonds. The summed E-state index contributed by atoms with van der Waals surface area (Å²) in [6.45, 7) is 6.27. The molecule has 2 heterocycles. The van der Waals surface area contributed by atoms with Crippen molar-refractivity contribution in [2.75, 3.05) is 13.2 Å². The first-order chi connectivity index (χ1) is 10.6. The second-order valence-electron chi connectivity index (χ2n) is 5.54. The van der Waals surface area contributed by atoms with Gasteiger partial charge in [0.05, 0.1) is 6.61 Å². The number of hydrogen-bond acceptors (Lipinski definition) is 4. The lowest BCUT2D eigenvalue weighted by Gasteiger charge is -2.34. The van der Waals surface area contributed by atoms with E-state index in [9.17, 15) is 18.3 Å². The number of carboxylic acid groups (broad SMARTS) is 1. The summed E-state index contributed by atoms with van der Waals surface area (Å²) in [5.41, 5.74) is 1.26. The molecular formula is C15H22F3NO4. The van der Waals surface area contributed by atoms with E-state index in [-0.39, 0.29) is 6.61 Å². The van der Waals surface area contributed by atoms with Crippen LogP contribution in [0.2, 0.25) is 0 Å². The summed E-state index contributed by atoms with van der Waals surface area (Å²) >= 11 is 0. The van der Waals surface area contributed by atoms with E-state index in [0.29, 0.717) is 6.04 Å². The molecule has 0 bridgehead atoms. The van der Waals surface area contributed by atoms with Crippen molar-refractivity contribution in [1.82, 2.24) is 4.90 Å². The molecule has 23 heavy (non-hydrogen) atoms. The molecular weight excluding hydrogens is 315 g/mol. The van der Waals surface area contributed by atoms with Gasteiger partial charge in [-0.2, -0.15) is 13.2 Å². The molecule has 132 valence electrons. The molecule has 1 fully saturated rings. The van der Waals surface area contributed by atoms with Crippen LogP contribution >= 0.6 is 0 Å². The van der Waals surface area contributed by atoms with Crippen LogP contribution in [0.3, 0.4) is 0 Å². The molecule has 0 aliphatic carbocycles. The molecule has 2 N–H and O–H groups in total. The van der Waals surface area contributed by atoms with Crippen LogP contribution in [0.15, 0.2) is 10.5 Å². The zero-order valence-electron chi connectivity index (χ0n) is 13.2. The van der Waals surface area contributed by atoms with Gasteiger partial charge in [0.25, 0.3) is 0 Å². The highest BCUT2D eigenvalue weighted by Crippen LogP contribution is 2.22. The Bertz CT molecular complexity index is 513. The van der Waals surface area contributed by atoms with Crippen molar-refractivity contribution < 1.29 is 32.6 Å². The Morgan fingerprint density at radius 1 is 1.39 bits per heavy atom. The van der Waals surface area contributed by atoms with Gasteiger partial charge in [-0.05, 0) is 39.3 Å². The average Bonchev–Trinajstić information content (AvgIpc) is 2.77. The van der Waals surface area contributed by atoms with Crippen molar-refractivity contribution in [3.05, 3.63) is 23.2 Å². The van der Waals surface area contributed by atoms with Crippen LogP contribution in [0, 0.1) is 13.8 Å². The molecule has 5 nitrogen and oxygen atoms in total. The standard InChI is InChI=1S/C13H21NO2.C2HF3O2/c1-10-7-12(11(2)16-10)8-14-6-4-3-5-13(14)9-15;3-2(4,5)1(6)7/h7,13,15H,3-6,8-9H2,1-2H3;(H,6,7). The van der Waals surface area contributed by atoms with Crippen molar-refractivity contribution in [2.24, 2.45) is 0 Å². The van der Waals surface area contributed by atoms with Crippen LogP contribution < -0.4 is 0 Å². The van der Waals surface area contributed by atoms with E-state index in [1.165, 1.54) is 18.4 Å². The molecule has 0 spiro atoms. The monoisotopic (exact) mass is 337 g/mol.